The van der Waals surface area contributed by atoms with Gasteiger partial charge < -0.3 is 4.57 Å². The van der Waals surface area contributed by atoms with Gasteiger partial charge in [-0.05, 0) is 6.92 Å². The predicted octanol–water partition coefficient (Wildman–Crippen LogP) is 0.404. The minimum absolute atomic E-state index is 0.697. The molecule has 0 atom stereocenters. The molecule has 0 aliphatic rings. The van der Waals surface area contributed by atoms with Crippen molar-refractivity contribution in [3.8, 4) is 0 Å². The van der Waals surface area contributed by atoms with E-state index in [0.29, 0.717) is 4.57 Å². The quantitative estimate of drug-likeness (QED) is 0.428. The van der Waals surface area contributed by atoms with Crippen molar-refractivity contribution in [3.63, 3.8) is 0 Å². The summed E-state index contributed by atoms with van der Waals surface area (Å²) in [5.41, 5.74) is -3.67. The largest absolute Gasteiger partial charge is 0.351 e. The fourth-order valence-electron chi connectivity index (χ4n) is 1.36. The van der Waals surface area contributed by atoms with Crippen LogP contribution in [0, 0.1) is 20.2 Å². The zero-order chi connectivity index (χ0) is 13.3. The molecular formula is C8H7N3O6. The molecule has 0 amide bonds. The molecule has 0 aliphatic carbocycles. The molecule has 9 nitrogen and oxygen atoms in total. The third-order valence-corrected chi connectivity index (χ3v) is 2.06. The molecule has 0 N–H and O–H groups in total. The molecule has 1 aromatic heterocycles. The van der Waals surface area contributed by atoms with Gasteiger partial charge in [-0.2, -0.15) is 0 Å². The second-order valence-corrected chi connectivity index (χ2v) is 3.22. The monoisotopic (exact) mass is 241 g/mol. The van der Waals surface area contributed by atoms with Crippen LogP contribution in [0.15, 0.2) is 11.0 Å². The van der Waals surface area contributed by atoms with Crippen LogP contribution in [0.4, 0.5) is 11.4 Å². The second-order valence-electron chi connectivity index (χ2n) is 3.22. The number of Topliss-reactive ketones (excluding diaryl/α,β-unsaturated/α-hetero) is 1. The number of rotatable bonds is 3. The number of carbonyl (C=O) groups is 1. The summed E-state index contributed by atoms with van der Waals surface area (Å²) >= 11 is 0. The third kappa shape index (κ3) is 2.02. The van der Waals surface area contributed by atoms with E-state index in [1.165, 1.54) is 0 Å². The number of aromatic nitrogens is 1. The molecule has 0 aliphatic heterocycles. The van der Waals surface area contributed by atoms with Gasteiger partial charge in [-0.15, -0.1) is 0 Å². The zero-order valence-electron chi connectivity index (χ0n) is 8.87. The van der Waals surface area contributed by atoms with E-state index in [4.69, 9.17) is 0 Å². The lowest BCUT2D eigenvalue weighted by molar-refractivity contribution is -0.396. The first kappa shape index (κ1) is 12.5. The Morgan fingerprint density at radius 1 is 1.29 bits per heavy atom. The van der Waals surface area contributed by atoms with Crippen LogP contribution in [0.5, 0.6) is 0 Å². The van der Waals surface area contributed by atoms with Crippen LogP contribution in [0.3, 0.4) is 0 Å². The van der Waals surface area contributed by atoms with Crippen LogP contribution in [-0.2, 0) is 7.05 Å². The van der Waals surface area contributed by atoms with Crippen molar-refractivity contribution in [2.24, 2.45) is 7.05 Å². The minimum Gasteiger partial charge on any atom is -0.306 e. The van der Waals surface area contributed by atoms with Gasteiger partial charge in [0.15, 0.2) is 11.3 Å². The minimum atomic E-state index is -1.09. The Kier molecular flexibility index (Phi) is 3.03. The summed E-state index contributed by atoms with van der Waals surface area (Å²) < 4.78 is 0.697. The highest BCUT2D eigenvalue weighted by atomic mass is 16.6. The number of hydrogen-bond acceptors (Lipinski definition) is 6. The number of ketones is 1. The standard InChI is InChI=1S/C8H7N3O6/c1-4(12)6-5(10(14)15)3-9(2)8(13)7(6)11(16)17/h3H,1-2H3. The maximum absolute atomic E-state index is 11.5. The Hall–Kier alpha value is -2.58. The molecule has 0 unspecified atom stereocenters. The average Bonchev–Trinajstić information content (AvgIpc) is 2.19. The number of nitrogens with zero attached hydrogens (tertiary/aromatic N) is 3. The third-order valence-electron chi connectivity index (χ3n) is 2.06. The van der Waals surface area contributed by atoms with E-state index in [1.807, 2.05) is 0 Å². The van der Waals surface area contributed by atoms with Crippen LogP contribution < -0.4 is 5.56 Å². The molecule has 17 heavy (non-hydrogen) atoms. The molecular weight excluding hydrogens is 234 g/mol. The first-order valence-electron chi connectivity index (χ1n) is 4.30. The maximum atomic E-state index is 11.5. The fraction of sp³-hybridized carbons (Fsp3) is 0.250. The van der Waals surface area contributed by atoms with E-state index in [-0.39, 0.29) is 0 Å². The Bertz CT molecular complexity index is 588. The van der Waals surface area contributed by atoms with Crippen LogP contribution in [0.25, 0.3) is 0 Å². The molecule has 9 heteroatoms. The van der Waals surface area contributed by atoms with E-state index >= 15 is 0 Å². The number of nitro groups is 2. The van der Waals surface area contributed by atoms with E-state index in [9.17, 15) is 29.8 Å². The molecule has 0 fully saturated rings. The Labute approximate surface area is 93.6 Å². The van der Waals surface area contributed by atoms with Gasteiger partial charge >= 0.3 is 16.9 Å². The van der Waals surface area contributed by atoms with E-state index in [1.54, 1.807) is 0 Å². The van der Waals surface area contributed by atoms with Gasteiger partial charge in [-0.1, -0.05) is 0 Å². The highest BCUT2D eigenvalue weighted by molar-refractivity contribution is 6.01. The van der Waals surface area contributed by atoms with Gasteiger partial charge in [0.1, 0.15) is 0 Å². The molecule has 0 radical (unpaired) electrons. The van der Waals surface area contributed by atoms with E-state index < -0.39 is 38.1 Å². The number of aryl methyl sites for hydroxylation is 1. The lowest BCUT2D eigenvalue weighted by Crippen LogP contribution is -2.23. The summed E-state index contributed by atoms with van der Waals surface area (Å²) in [7, 11) is 1.13. The Morgan fingerprint density at radius 3 is 2.18 bits per heavy atom. The smallest absolute Gasteiger partial charge is 0.306 e. The molecule has 0 saturated carbocycles. The van der Waals surface area contributed by atoms with Gasteiger partial charge in [0.25, 0.3) is 0 Å². The van der Waals surface area contributed by atoms with Gasteiger partial charge in [0, 0.05) is 7.05 Å². The molecule has 90 valence electrons. The van der Waals surface area contributed by atoms with Gasteiger partial charge in [0.2, 0.25) is 0 Å². The molecule has 0 saturated heterocycles. The highest BCUT2D eigenvalue weighted by Gasteiger charge is 2.33. The summed E-state index contributed by atoms with van der Waals surface area (Å²) in [6.07, 6.45) is 0.784. The van der Waals surface area contributed by atoms with Crippen LogP contribution in [-0.4, -0.2) is 20.2 Å². The molecule has 0 spiro atoms. The Balaban J connectivity index is 3.90. The van der Waals surface area contributed by atoms with E-state index in [0.717, 1.165) is 20.2 Å². The lowest BCUT2D eigenvalue weighted by atomic mass is 10.1. The highest BCUT2D eigenvalue weighted by Crippen LogP contribution is 2.24. The summed E-state index contributed by atoms with van der Waals surface area (Å²) in [5, 5.41) is 21.4. The first-order chi connectivity index (χ1) is 7.77. The topological polar surface area (TPSA) is 125 Å². The zero-order valence-corrected chi connectivity index (χ0v) is 8.87. The first-order valence-corrected chi connectivity index (χ1v) is 4.30. The molecule has 1 aromatic rings. The van der Waals surface area contributed by atoms with Crippen molar-refractivity contribution >= 4 is 17.2 Å². The van der Waals surface area contributed by atoms with Crippen molar-refractivity contribution in [1.29, 1.82) is 0 Å². The van der Waals surface area contributed by atoms with E-state index in [2.05, 4.69) is 0 Å². The molecule has 0 bridgehead atoms. The average molecular weight is 241 g/mol. The normalized spacial score (nSPS) is 10.0. The van der Waals surface area contributed by atoms with Gasteiger partial charge in [-0.25, -0.2) is 0 Å². The van der Waals surface area contributed by atoms with Crippen LogP contribution in [0.1, 0.15) is 17.3 Å². The summed E-state index contributed by atoms with van der Waals surface area (Å²) in [4.78, 5) is 42.0. The van der Waals surface area contributed by atoms with Crippen molar-refractivity contribution in [1.82, 2.24) is 4.57 Å². The van der Waals surface area contributed by atoms with Crippen molar-refractivity contribution in [2.75, 3.05) is 0 Å². The van der Waals surface area contributed by atoms with Crippen molar-refractivity contribution in [2.45, 2.75) is 6.92 Å². The van der Waals surface area contributed by atoms with Gasteiger partial charge in [0.05, 0.1) is 16.0 Å². The molecule has 1 heterocycles. The predicted molar refractivity (Wildman–Crippen MR) is 55.0 cm³/mol. The summed E-state index contributed by atoms with van der Waals surface area (Å²) in [6.45, 7) is 0.925. The second kappa shape index (κ2) is 4.12. The SMILES string of the molecule is CC(=O)c1c([N+](=O)[O-])cn(C)c(=O)c1[N+](=O)[O-]. The number of carbonyl (C=O) groups excluding carboxylic acids is 1. The Morgan fingerprint density at radius 2 is 1.82 bits per heavy atom. The fourth-order valence-corrected chi connectivity index (χ4v) is 1.36. The molecule has 0 aromatic carbocycles. The van der Waals surface area contributed by atoms with Crippen molar-refractivity contribution in [3.05, 3.63) is 42.3 Å². The molecule has 1 rings (SSSR count). The summed E-state index contributed by atoms with van der Waals surface area (Å²) in [5.74, 6) is -0.902. The number of pyridine rings is 1. The van der Waals surface area contributed by atoms with Crippen LogP contribution in [0.2, 0.25) is 0 Å². The lowest BCUT2D eigenvalue weighted by Gasteiger charge is -2.02. The van der Waals surface area contributed by atoms with Crippen LogP contribution >= 0.6 is 0 Å². The number of hydrogen-bond donors (Lipinski definition) is 0. The summed E-state index contributed by atoms with van der Waals surface area (Å²) in [6, 6.07) is 0. The maximum Gasteiger partial charge on any atom is 0.351 e. The van der Waals surface area contributed by atoms with Gasteiger partial charge in [-0.3, -0.25) is 29.8 Å². The van der Waals surface area contributed by atoms with Crippen molar-refractivity contribution < 1.29 is 14.6 Å².